The highest BCUT2D eigenvalue weighted by Gasteiger charge is 2.20. The summed E-state index contributed by atoms with van der Waals surface area (Å²) in [6, 6.07) is 5.46. The second-order valence-corrected chi connectivity index (χ2v) is 6.86. The zero-order valence-corrected chi connectivity index (χ0v) is 13.8. The third-order valence-corrected chi connectivity index (χ3v) is 4.74. The Balaban J connectivity index is 2.37. The second kappa shape index (κ2) is 6.08. The van der Waals surface area contributed by atoms with Crippen molar-refractivity contribution in [3.05, 3.63) is 40.1 Å². The molecule has 0 radical (unpaired) electrons. The van der Waals surface area contributed by atoms with Gasteiger partial charge in [0.05, 0.1) is 12.8 Å². The lowest BCUT2D eigenvalue weighted by molar-refractivity contribution is 0.373. The molecule has 1 aromatic carbocycles. The highest BCUT2D eigenvalue weighted by molar-refractivity contribution is 9.10. The molecule has 9 heteroatoms. The zero-order valence-electron chi connectivity index (χ0n) is 10.7. The zero-order chi connectivity index (χ0) is 15.6. The molecule has 2 rings (SSSR count). The Labute approximate surface area is 134 Å². The number of phenolic OH excluding ortho intramolecular Hbond substituents is 1. The molecule has 0 atom stereocenters. The van der Waals surface area contributed by atoms with Gasteiger partial charge in [-0.3, -0.25) is 4.72 Å². The molecule has 0 aliphatic carbocycles. The number of halogens is 2. The number of rotatable bonds is 4. The van der Waals surface area contributed by atoms with E-state index in [4.69, 9.17) is 16.3 Å². The smallest absolute Gasteiger partial charge is 0.265 e. The Morgan fingerprint density at radius 1 is 1.38 bits per heavy atom. The molecule has 0 aliphatic heterocycles. The van der Waals surface area contributed by atoms with Gasteiger partial charge < -0.3 is 9.84 Å². The first-order valence-corrected chi connectivity index (χ1v) is 8.20. The number of aromatic nitrogens is 1. The maximum absolute atomic E-state index is 12.3. The Morgan fingerprint density at radius 2 is 2.10 bits per heavy atom. The average Bonchev–Trinajstić information content (AvgIpc) is 2.41. The first-order chi connectivity index (χ1) is 9.83. The van der Waals surface area contributed by atoms with Crippen molar-refractivity contribution in [2.75, 3.05) is 11.8 Å². The minimum Gasteiger partial charge on any atom is -0.504 e. The number of methoxy groups -OCH3 is 1. The molecule has 6 nitrogen and oxygen atoms in total. The van der Waals surface area contributed by atoms with Gasteiger partial charge in [0.15, 0.2) is 11.5 Å². The van der Waals surface area contributed by atoms with Crippen LogP contribution in [0.4, 0.5) is 5.69 Å². The number of nitrogens with zero attached hydrogens (tertiary/aromatic N) is 1. The molecular formula is C12H10BrClN2O4S. The Morgan fingerprint density at radius 3 is 2.71 bits per heavy atom. The minimum atomic E-state index is -3.93. The normalized spacial score (nSPS) is 11.2. The van der Waals surface area contributed by atoms with E-state index in [1.54, 1.807) is 0 Å². The molecule has 1 heterocycles. The van der Waals surface area contributed by atoms with Gasteiger partial charge in [-0.2, -0.15) is 0 Å². The van der Waals surface area contributed by atoms with Crippen LogP contribution in [0.5, 0.6) is 11.5 Å². The first kappa shape index (κ1) is 15.9. The van der Waals surface area contributed by atoms with E-state index < -0.39 is 10.0 Å². The van der Waals surface area contributed by atoms with Gasteiger partial charge in [0, 0.05) is 16.7 Å². The molecular weight excluding hydrogens is 384 g/mol. The molecule has 2 N–H and O–H groups in total. The Hall–Kier alpha value is -1.51. The summed E-state index contributed by atoms with van der Waals surface area (Å²) >= 11 is 8.94. The fourth-order valence-corrected chi connectivity index (χ4v) is 3.55. The van der Waals surface area contributed by atoms with Crippen LogP contribution in [0.2, 0.25) is 5.15 Å². The number of phenols is 1. The fraction of sp³-hybridized carbons (Fsp3) is 0.0833. The maximum Gasteiger partial charge on any atom is 0.265 e. The summed E-state index contributed by atoms with van der Waals surface area (Å²) in [5, 5.41) is 9.50. The molecule has 1 aromatic heterocycles. The van der Waals surface area contributed by atoms with Crippen LogP contribution in [0.1, 0.15) is 0 Å². The van der Waals surface area contributed by atoms with Gasteiger partial charge in [0.2, 0.25) is 0 Å². The summed E-state index contributed by atoms with van der Waals surface area (Å²) in [6.07, 6.45) is 1.39. The molecule has 0 amide bonds. The van der Waals surface area contributed by atoms with Gasteiger partial charge in [0.25, 0.3) is 10.0 Å². The van der Waals surface area contributed by atoms with E-state index in [1.165, 1.54) is 37.6 Å². The van der Waals surface area contributed by atoms with E-state index in [2.05, 4.69) is 25.6 Å². The summed E-state index contributed by atoms with van der Waals surface area (Å²) in [4.78, 5) is 3.59. The van der Waals surface area contributed by atoms with Crippen molar-refractivity contribution in [2.45, 2.75) is 4.90 Å². The van der Waals surface area contributed by atoms with Gasteiger partial charge in [-0.05, 0) is 34.1 Å². The highest BCUT2D eigenvalue weighted by Crippen LogP contribution is 2.30. The number of hydrogen-bond donors (Lipinski definition) is 2. The van der Waals surface area contributed by atoms with E-state index in [1.807, 2.05) is 0 Å². The number of ether oxygens (including phenoxy) is 1. The van der Waals surface area contributed by atoms with Gasteiger partial charge in [-0.25, -0.2) is 13.4 Å². The van der Waals surface area contributed by atoms with Crippen LogP contribution in [0.25, 0.3) is 0 Å². The maximum atomic E-state index is 12.3. The third-order valence-electron chi connectivity index (χ3n) is 2.49. The van der Waals surface area contributed by atoms with Crippen molar-refractivity contribution in [1.82, 2.24) is 4.98 Å². The number of pyridine rings is 1. The van der Waals surface area contributed by atoms with Crippen LogP contribution in [0.3, 0.4) is 0 Å². The fourth-order valence-electron chi connectivity index (χ4n) is 1.56. The van der Waals surface area contributed by atoms with Gasteiger partial charge >= 0.3 is 0 Å². The molecule has 0 fully saturated rings. The summed E-state index contributed by atoms with van der Waals surface area (Å²) in [6.45, 7) is 0. The first-order valence-electron chi connectivity index (χ1n) is 5.54. The predicted octanol–water partition coefficient (Wildman–Crippen LogP) is 3.01. The average molecular weight is 394 g/mol. The topological polar surface area (TPSA) is 88.5 Å². The number of nitrogens with one attached hydrogen (secondary N) is 1. The van der Waals surface area contributed by atoms with Gasteiger partial charge in [-0.1, -0.05) is 11.6 Å². The molecule has 0 saturated carbocycles. The lowest BCUT2D eigenvalue weighted by Crippen LogP contribution is -2.14. The monoisotopic (exact) mass is 392 g/mol. The molecule has 0 spiro atoms. The standard InChI is InChI=1S/C12H10BrClN2O4S/c1-20-10-3-2-8(5-9(10)17)16-21(18,19)11-4-7(13)6-15-12(11)14/h2-6,16-17H,1H3. The molecule has 0 unspecified atom stereocenters. The largest absolute Gasteiger partial charge is 0.504 e. The van der Waals surface area contributed by atoms with E-state index >= 15 is 0 Å². The third kappa shape index (κ3) is 3.58. The SMILES string of the molecule is COc1ccc(NS(=O)(=O)c2cc(Br)cnc2Cl)cc1O. The van der Waals surface area contributed by atoms with E-state index in [0.29, 0.717) is 4.47 Å². The summed E-state index contributed by atoms with van der Waals surface area (Å²) in [5.74, 6) is 0.0521. The summed E-state index contributed by atoms with van der Waals surface area (Å²) < 4.78 is 32.2. The number of benzene rings is 1. The van der Waals surface area contributed by atoms with Crippen molar-refractivity contribution in [3.8, 4) is 11.5 Å². The van der Waals surface area contributed by atoms with E-state index in [9.17, 15) is 13.5 Å². The van der Waals surface area contributed by atoms with Gasteiger partial charge in [-0.15, -0.1) is 0 Å². The van der Waals surface area contributed by atoms with Crippen LogP contribution in [0.15, 0.2) is 39.8 Å². The minimum absolute atomic E-state index is 0.150. The van der Waals surface area contributed by atoms with Crippen molar-refractivity contribution < 1.29 is 18.3 Å². The van der Waals surface area contributed by atoms with Crippen molar-refractivity contribution in [3.63, 3.8) is 0 Å². The van der Waals surface area contributed by atoms with Crippen LogP contribution >= 0.6 is 27.5 Å². The molecule has 112 valence electrons. The summed E-state index contributed by atoms with van der Waals surface area (Å²) in [5.41, 5.74) is 0.171. The molecule has 0 saturated heterocycles. The molecule has 2 aromatic rings. The number of aromatic hydroxyl groups is 1. The van der Waals surface area contributed by atoms with Crippen LogP contribution in [0, 0.1) is 0 Å². The Bertz CT molecular complexity index is 783. The predicted molar refractivity (Wildman–Crippen MR) is 82.4 cm³/mol. The molecule has 0 aliphatic rings. The molecule has 0 bridgehead atoms. The van der Waals surface area contributed by atoms with Crippen LogP contribution < -0.4 is 9.46 Å². The summed E-state index contributed by atoms with van der Waals surface area (Å²) in [7, 11) is -2.53. The van der Waals surface area contributed by atoms with Crippen LogP contribution in [-0.4, -0.2) is 25.6 Å². The lowest BCUT2D eigenvalue weighted by atomic mass is 10.3. The highest BCUT2D eigenvalue weighted by atomic mass is 79.9. The number of sulfonamides is 1. The van der Waals surface area contributed by atoms with E-state index in [0.717, 1.165) is 0 Å². The van der Waals surface area contributed by atoms with Crippen molar-refractivity contribution in [1.29, 1.82) is 0 Å². The molecule has 21 heavy (non-hydrogen) atoms. The second-order valence-electron chi connectivity index (χ2n) is 3.93. The van der Waals surface area contributed by atoms with Crippen molar-refractivity contribution in [2.24, 2.45) is 0 Å². The Kier molecular flexibility index (Phi) is 4.60. The number of anilines is 1. The van der Waals surface area contributed by atoms with Crippen LogP contribution in [-0.2, 0) is 10.0 Å². The van der Waals surface area contributed by atoms with E-state index in [-0.39, 0.29) is 27.2 Å². The quantitative estimate of drug-likeness (QED) is 0.780. The van der Waals surface area contributed by atoms with Gasteiger partial charge in [0.1, 0.15) is 10.0 Å². The lowest BCUT2D eigenvalue weighted by Gasteiger charge is -2.11. The van der Waals surface area contributed by atoms with Crippen molar-refractivity contribution >= 4 is 43.2 Å². The number of hydrogen-bond acceptors (Lipinski definition) is 5.